The molecule has 0 atom stereocenters. The molecule has 2 heterocycles. The van der Waals surface area contributed by atoms with Crippen molar-refractivity contribution < 1.29 is 14.3 Å². The van der Waals surface area contributed by atoms with Gasteiger partial charge in [-0.25, -0.2) is 9.78 Å². The second kappa shape index (κ2) is 5.68. The monoisotopic (exact) mass is 251 g/mol. The molecule has 1 fully saturated rings. The average molecular weight is 251 g/mol. The summed E-state index contributed by atoms with van der Waals surface area (Å²) >= 11 is 0. The molecule has 0 bridgehead atoms. The highest BCUT2D eigenvalue weighted by atomic mass is 16.5. The highest BCUT2D eigenvalue weighted by Gasteiger charge is 2.18. The van der Waals surface area contributed by atoms with Crippen molar-refractivity contribution >= 4 is 11.7 Å². The molecule has 0 unspecified atom stereocenters. The van der Waals surface area contributed by atoms with Crippen LogP contribution in [0.2, 0.25) is 0 Å². The van der Waals surface area contributed by atoms with E-state index in [0.29, 0.717) is 11.4 Å². The Labute approximate surface area is 106 Å². The molecular weight excluding hydrogens is 234 g/mol. The van der Waals surface area contributed by atoms with Crippen molar-refractivity contribution in [3.05, 3.63) is 17.8 Å². The van der Waals surface area contributed by atoms with Gasteiger partial charge in [0.1, 0.15) is 5.56 Å². The van der Waals surface area contributed by atoms with Crippen molar-refractivity contribution in [3.63, 3.8) is 0 Å². The fourth-order valence-electron chi connectivity index (χ4n) is 1.96. The average Bonchev–Trinajstić information content (AvgIpc) is 2.46. The Morgan fingerprint density at radius 1 is 1.39 bits per heavy atom. The number of rotatable bonds is 3. The van der Waals surface area contributed by atoms with Crippen molar-refractivity contribution in [2.45, 2.75) is 0 Å². The van der Waals surface area contributed by atoms with Gasteiger partial charge in [0.25, 0.3) is 0 Å². The summed E-state index contributed by atoms with van der Waals surface area (Å²) in [5, 5.41) is 3.28. The summed E-state index contributed by atoms with van der Waals surface area (Å²) in [4.78, 5) is 18.0. The number of pyridine rings is 1. The lowest BCUT2D eigenvalue weighted by atomic mass is 10.2. The molecule has 0 radical (unpaired) electrons. The number of hydrogen-bond donors (Lipinski definition) is 1. The van der Waals surface area contributed by atoms with E-state index >= 15 is 0 Å². The summed E-state index contributed by atoms with van der Waals surface area (Å²) in [7, 11) is 2.83. The smallest absolute Gasteiger partial charge is 0.343 e. The molecule has 1 N–H and O–H groups in total. The van der Waals surface area contributed by atoms with Crippen molar-refractivity contribution in [2.75, 3.05) is 45.3 Å². The third-order valence-electron chi connectivity index (χ3n) is 2.92. The Hall–Kier alpha value is -1.82. The molecule has 0 aromatic carbocycles. The second-order valence-corrected chi connectivity index (χ2v) is 3.98. The van der Waals surface area contributed by atoms with E-state index in [9.17, 15) is 4.79 Å². The van der Waals surface area contributed by atoms with Crippen molar-refractivity contribution in [3.8, 4) is 5.88 Å². The van der Waals surface area contributed by atoms with Gasteiger partial charge in [-0.15, -0.1) is 0 Å². The lowest BCUT2D eigenvalue weighted by Gasteiger charge is -2.29. The van der Waals surface area contributed by atoms with Crippen LogP contribution in [0.25, 0.3) is 0 Å². The number of carbonyl (C=O) groups is 1. The summed E-state index contributed by atoms with van der Waals surface area (Å²) in [6.45, 7) is 3.66. The largest absolute Gasteiger partial charge is 0.480 e. The van der Waals surface area contributed by atoms with Gasteiger partial charge in [-0.2, -0.15) is 0 Å². The van der Waals surface area contributed by atoms with E-state index in [1.54, 1.807) is 12.3 Å². The number of hydrogen-bond acceptors (Lipinski definition) is 6. The topological polar surface area (TPSA) is 63.7 Å². The number of esters is 1. The van der Waals surface area contributed by atoms with Crippen LogP contribution in [-0.4, -0.2) is 51.4 Å². The van der Waals surface area contributed by atoms with Crippen LogP contribution in [0.1, 0.15) is 10.4 Å². The Morgan fingerprint density at radius 3 is 2.72 bits per heavy atom. The normalized spacial score (nSPS) is 15.3. The Balaban J connectivity index is 2.29. The Morgan fingerprint density at radius 2 is 2.11 bits per heavy atom. The highest BCUT2D eigenvalue weighted by molar-refractivity contribution is 5.92. The number of aromatic nitrogens is 1. The Kier molecular flexibility index (Phi) is 3.99. The van der Waals surface area contributed by atoms with E-state index in [1.165, 1.54) is 14.2 Å². The maximum absolute atomic E-state index is 11.7. The molecule has 0 aliphatic carbocycles. The molecule has 1 aromatic heterocycles. The number of nitrogens with zero attached hydrogens (tertiary/aromatic N) is 2. The van der Waals surface area contributed by atoms with Gasteiger partial charge in [0.05, 0.1) is 26.1 Å². The maximum Gasteiger partial charge on any atom is 0.343 e. The van der Waals surface area contributed by atoms with Gasteiger partial charge in [0, 0.05) is 26.2 Å². The van der Waals surface area contributed by atoms with Gasteiger partial charge in [0.15, 0.2) is 0 Å². The predicted molar refractivity (Wildman–Crippen MR) is 67.2 cm³/mol. The van der Waals surface area contributed by atoms with Crippen LogP contribution >= 0.6 is 0 Å². The van der Waals surface area contributed by atoms with Gasteiger partial charge in [-0.3, -0.25) is 0 Å². The molecule has 2 rings (SSSR count). The molecule has 0 saturated carbocycles. The van der Waals surface area contributed by atoms with Gasteiger partial charge < -0.3 is 19.7 Å². The standard InChI is InChI=1S/C12H17N3O3/c1-17-11-10(12(16)18-2)7-9(8-14-11)15-5-3-13-4-6-15/h7-8,13H,3-6H2,1-2H3. The molecule has 6 heteroatoms. The first-order valence-corrected chi connectivity index (χ1v) is 5.84. The Bertz CT molecular complexity index is 431. The fourth-order valence-corrected chi connectivity index (χ4v) is 1.96. The summed E-state index contributed by atoms with van der Waals surface area (Å²) < 4.78 is 9.80. The molecular formula is C12H17N3O3. The SMILES string of the molecule is COC(=O)c1cc(N2CCNCC2)cnc1OC. The molecule has 0 spiro atoms. The van der Waals surface area contributed by atoms with Crippen molar-refractivity contribution in [2.24, 2.45) is 0 Å². The summed E-state index contributed by atoms with van der Waals surface area (Å²) in [5.74, 6) is -0.142. The molecule has 18 heavy (non-hydrogen) atoms. The number of nitrogens with one attached hydrogen (secondary N) is 1. The maximum atomic E-state index is 11.7. The zero-order valence-corrected chi connectivity index (χ0v) is 10.6. The first-order valence-electron chi connectivity index (χ1n) is 5.84. The van der Waals surface area contributed by atoms with Gasteiger partial charge >= 0.3 is 5.97 Å². The molecule has 0 amide bonds. The number of ether oxygens (including phenoxy) is 2. The number of methoxy groups -OCH3 is 2. The highest BCUT2D eigenvalue weighted by Crippen LogP contribution is 2.23. The van der Waals surface area contributed by atoms with E-state index < -0.39 is 5.97 Å². The quantitative estimate of drug-likeness (QED) is 0.779. The first-order chi connectivity index (χ1) is 8.76. The zero-order valence-electron chi connectivity index (χ0n) is 10.6. The molecule has 1 saturated heterocycles. The molecule has 98 valence electrons. The van der Waals surface area contributed by atoms with Crippen LogP contribution in [0.15, 0.2) is 12.3 Å². The number of piperazine rings is 1. The van der Waals surface area contributed by atoms with Gasteiger partial charge in [-0.05, 0) is 6.07 Å². The van der Waals surface area contributed by atoms with Crippen LogP contribution in [0.3, 0.4) is 0 Å². The third-order valence-corrected chi connectivity index (χ3v) is 2.92. The minimum Gasteiger partial charge on any atom is -0.480 e. The first kappa shape index (κ1) is 12.6. The predicted octanol–water partition coefficient (Wildman–Crippen LogP) is 0.286. The summed E-state index contributed by atoms with van der Waals surface area (Å²) in [6, 6.07) is 1.77. The van der Waals surface area contributed by atoms with Crippen molar-refractivity contribution in [1.82, 2.24) is 10.3 Å². The number of carbonyl (C=O) groups excluding carboxylic acids is 1. The molecule has 1 aliphatic rings. The lowest BCUT2D eigenvalue weighted by molar-refractivity contribution is 0.0596. The van der Waals surface area contributed by atoms with Crippen LogP contribution in [0.5, 0.6) is 5.88 Å². The van der Waals surface area contributed by atoms with Crippen LogP contribution in [0.4, 0.5) is 5.69 Å². The zero-order chi connectivity index (χ0) is 13.0. The van der Waals surface area contributed by atoms with Crippen LogP contribution in [-0.2, 0) is 4.74 Å². The molecule has 1 aliphatic heterocycles. The second-order valence-electron chi connectivity index (χ2n) is 3.98. The number of anilines is 1. The van der Waals surface area contributed by atoms with Gasteiger partial charge in [-0.1, -0.05) is 0 Å². The fraction of sp³-hybridized carbons (Fsp3) is 0.500. The van der Waals surface area contributed by atoms with E-state index in [-0.39, 0.29) is 0 Å². The van der Waals surface area contributed by atoms with Crippen molar-refractivity contribution in [1.29, 1.82) is 0 Å². The van der Waals surface area contributed by atoms with E-state index in [1.807, 2.05) is 0 Å². The van der Waals surface area contributed by atoms with E-state index in [2.05, 4.69) is 15.2 Å². The van der Waals surface area contributed by atoms with E-state index in [0.717, 1.165) is 31.9 Å². The summed E-state index contributed by atoms with van der Waals surface area (Å²) in [5.41, 5.74) is 1.27. The van der Waals surface area contributed by atoms with Crippen LogP contribution in [0, 0.1) is 0 Å². The lowest BCUT2D eigenvalue weighted by Crippen LogP contribution is -2.43. The molecule has 6 nitrogen and oxygen atoms in total. The minimum atomic E-state index is -0.434. The van der Waals surface area contributed by atoms with E-state index in [4.69, 9.17) is 9.47 Å². The minimum absolute atomic E-state index is 0.292. The van der Waals surface area contributed by atoms with Gasteiger partial charge in [0.2, 0.25) is 5.88 Å². The van der Waals surface area contributed by atoms with Crippen LogP contribution < -0.4 is 15.0 Å². The molecule has 1 aromatic rings. The third kappa shape index (κ3) is 2.53. The summed E-state index contributed by atoms with van der Waals surface area (Å²) in [6.07, 6.45) is 1.72.